The normalized spacial score (nSPS) is 19.8. The van der Waals surface area contributed by atoms with Crippen molar-refractivity contribution in [3.05, 3.63) is 52.5 Å². The number of benzene rings is 1. The molecule has 22 heavy (non-hydrogen) atoms. The van der Waals surface area contributed by atoms with Crippen LogP contribution in [0.1, 0.15) is 24.4 Å². The Kier molecular flexibility index (Phi) is 3.11. The molecule has 114 valence electrons. The first-order valence-corrected chi connectivity index (χ1v) is 8.13. The highest BCUT2D eigenvalue weighted by Crippen LogP contribution is 2.50. The van der Waals surface area contributed by atoms with Gasteiger partial charge in [-0.1, -0.05) is 12.1 Å². The van der Waals surface area contributed by atoms with Crippen LogP contribution in [0.25, 0.3) is 0 Å². The second-order valence-corrected chi connectivity index (χ2v) is 7.01. The Bertz CT molecular complexity index is 717. The zero-order valence-corrected chi connectivity index (χ0v) is 13.5. The van der Waals surface area contributed by atoms with Gasteiger partial charge in [-0.15, -0.1) is 0 Å². The van der Waals surface area contributed by atoms with Crippen LogP contribution in [0.5, 0.6) is 0 Å². The molecule has 1 aliphatic heterocycles. The molecule has 0 spiro atoms. The van der Waals surface area contributed by atoms with Crippen LogP contribution in [0.15, 0.2) is 41.1 Å². The number of amides is 1. The van der Waals surface area contributed by atoms with Gasteiger partial charge in [-0.3, -0.25) is 9.48 Å². The van der Waals surface area contributed by atoms with Crippen LogP contribution in [-0.4, -0.2) is 33.7 Å². The first kappa shape index (κ1) is 13.9. The number of hydrogen-bond acceptors (Lipinski definition) is 2. The summed E-state index contributed by atoms with van der Waals surface area (Å²) < 4.78 is 15.9. The first-order valence-electron chi connectivity index (χ1n) is 7.34. The summed E-state index contributed by atoms with van der Waals surface area (Å²) in [5.41, 5.74) is 0.521. The molecule has 0 atom stereocenters. The fraction of sp³-hybridized carbons (Fsp3) is 0.375. The second-order valence-electron chi connectivity index (χ2n) is 6.09. The van der Waals surface area contributed by atoms with Gasteiger partial charge < -0.3 is 4.90 Å². The Labute approximate surface area is 136 Å². The molecule has 0 bridgehead atoms. The fourth-order valence-corrected chi connectivity index (χ4v) is 3.43. The smallest absolute Gasteiger partial charge is 0.233 e. The predicted octanol–water partition coefficient (Wildman–Crippen LogP) is 2.90. The Morgan fingerprint density at radius 2 is 1.95 bits per heavy atom. The molecule has 2 fully saturated rings. The maximum atomic E-state index is 13.1. The minimum absolute atomic E-state index is 0.168. The topological polar surface area (TPSA) is 38.1 Å². The van der Waals surface area contributed by atoms with E-state index in [2.05, 4.69) is 21.0 Å². The molecule has 4 nitrogen and oxygen atoms in total. The second kappa shape index (κ2) is 4.91. The Morgan fingerprint density at radius 1 is 1.27 bits per heavy atom. The van der Waals surface area contributed by atoms with Crippen LogP contribution in [0.3, 0.4) is 0 Å². The van der Waals surface area contributed by atoms with Crippen LogP contribution in [-0.2, 0) is 10.2 Å². The molecule has 1 saturated carbocycles. The number of aromatic nitrogens is 2. The maximum Gasteiger partial charge on any atom is 0.233 e. The van der Waals surface area contributed by atoms with Crippen molar-refractivity contribution in [1.82, 2.24) is 14.7 Å². The third-order valence-corrected chi connectivity index (χ3v) is 5.06. The number of nitrogens with zero attached hydrogens (tertiary/aromatic N) is 3. The summed E-state index contributed by atoms with van der Waals surface area (Å²) in [5.74, 6) is -0.0955. The zero-order valence-electron chi connectivity index (χ0n) is 11.9. The van der Waals surface area contributed by atoms with Crippen LogP contribution in [0, 0.1) is 5.82 Å². The van der Waals surface area contributed by atoms with Crippen molar-refractivity contribution >= 4 is 21.8 Å². The zero-order chi connectivity index (χ0) is 15.3. The van der Waals surface area contributed by atoms with Crippen LogP contribution < -0.4 is 0 Å². The molecule has 1 aromatic heterocycles. The van der Waals surface area contributed by atoms with Gasteiger partial charge in [0.2, 0.25) is 5.91 Å². The summed E-state index contributed by atoms with van der Waals surface area (Å²) in [4.78, 5) is 14.7. The van der Waals surface area contributed by atoms with Gasteiger partial charge in [0.15, 0.2) is 0 Å². The molecule has 0 unspecified atom stereocenters. The monoisotopic (exact) mass is 363 g/mol. The van der Waals surface area contributed by atoms with Gasteiger partial charge in [-0.25, -0.2) is 4.39 Å². The lowest BCUT2D eigenvalue weighted by Crippen LogP contribution is -2.54. The van der Waals surface area contributed by atoms with Crippen LogP contribution >= 0.6 is 15.9 Å². The van der Waals surface area contributed by atoms with E-state index >= 15 is 0 Å². The van der Waals surface area contributed by atoms with Gasteiger partial charge in [0, 0.05) is 19.3 Å². The lowest BCUT2D eigenvalue weighted by molar-refractivity contribution is -0.140. The molecular weight excluding hydrogens is 349 g/mol. The molecule has 6 heteroatoms. The molecule has 1 amide bonds. The molecule has 1 aliphatic carbocycles. The third-order valence-electron chi connectivity index (χ3n) is 4.65. The summed E-state index contributed by atoms with van der Waals surface area (Å²) in [6.45, 7) is 1.38. The molecule has 0 radical (unpaired) electrons. The van der Waals surface area contributed by atoms with E-state index in [1.165, 1.54) is 12.1 Å². The predicted molar refractivity (Wildman–Crippen MR) is 82.9 cm³/mol. The number of carbonyl (C=O) groups excluding carboxylic acids is 1. The molecular formula is C16H15BrFN3O. The number of carbonyl (C=O) groups is 1. The van der Waals surface area contributed by atoms with E-state index in [1.807, 2.05) is 15.8 Å². The molecule has 1 saturated heterocycles. The lowest BCUT2D eigenvalue weighted by Gasteiger charge is -2.41. The maximum absolute atomic E-state index is 13.1. The lowest BCUT2D eigenvalue weighted by atomic mass is 9.92. The number of likely N-dealkylation sites (tertiary alicyclic amines) is 1. The minimum Gasteiger partial charge on any atom is -0.337 e. The molecule has 4 rings (SSSR count). The van der Waals surface area contributed by atoms with Crippen molar-refractivity contribution in [2.24, 2.45) is 0 Å². The standard InChI is InChI=1S/C16H15BrFN3O/c17-12-7-19-21(8-12)14-9-20(10-14)15(22)16(5-6-16)11-1-3-13(18)4-2-11/h1-4,7-8,14H,5-6,9-10H2. The SMILES string of the molecule is O=C(N1CC(n2cc(Br)cn2)C1)C1(c2ccc(F)cc2)CC1. The summed E-state index contributed by atoms with van der Waals surface area (Å²) >= 11 is 3.38. The average Bonchev–Trinajstić information content (AvgIpc) is 3.16. The van der Waals surface area contributed by atoms with E-state index in [4.69, 9.17) is 0 Å². The van der Waals surface area contributed by atoms with Crippen molar-refractivity contribution in [2.75, 3.05) is 13.1 Å². The highest BCUT2D eigenvalue weighted by Gasteiger charge is 2.54. The Balaban J connectivity index is 1.46. The summed E-state index contributed by atoms with van der Waals surface area (Å²) in [7, 11) is 0. The van der Waals surface area contributed by atoms with E-state index in [0.717, 1.165) is 22.9 Å². The van der Waals surface area contributed by atoms with Crippen molar-refractivity contribution in [1.29, 1.82) is 0 Å². The summed E-state index contributed by atoms with van der Waals surface area (Å²) in [5, 5.41) is 4.27. The van der Waals surface area contributed by atoms with Gasteiger partial charge in [-0.2, -0.15) is 5.10 Å². The van der Waals surface area contributed by atoms with Gasteiger partial charge in [-0.05, 0) is 46.5 Å². The van der Waals surface area contributed by atoms with Gasteiger partial charge in [0.1, 0.15) is 5.82 Å². The third kappa shape index (κ3) is 2.17. The van der Waals surface area contributed by atoms with E-state index in [1.54, 1.807) is 18.3 Å². The van der Waals surface area contributed by atoms with Gasteiger partial charge in [0.25, 0.3) is 0 Å². The van der Waals surface area contributed by atoms with Gasteiger partial charge >= 0.3 is 0 Å². The highest BCUT2D eigenvalue weighted by molar-refractivity contribution is 9.10. The van der Waals surface area contributed by atoms with Crippen molar-refractivity contribution in [3.63, 3.8) is 0 Å². The molecule has 2 aliphatic rings. The largest absolute Gasteiger partial charge is 0.337 e. The number of hydrogen-bond donors (Lipinski definition) is 0. The van der Waals surface area contributed by atoms with E-state index in [0.29, 0.717) is 13.1 Å². The van der Waals surface area contributed by atoms with E-state index in [9.17, 15) is 9.18 Å². The van der Waals surface area contributed by atoms with Crippen molar-refractivity contribution < 1.29 is 9.18 Å². The number of rotatable bonds is 3. The van der Waals surface area contributed by atoms with Gasteiger partial charge in [0.05, 0.1) is 22.1 Å². The van der Waals surface area contributed by atoms with E-state index in [-0.39, 0.29) is 17.8 Å². The minimum atomic E-state index is -0.413. The van der Waals surface area contributed by atoms with Crippen molar-refractivity contribution in [3.8, 4) is 0 Å². The Morgan fingerprint density at radius 3 is 2.50 bits per heavy atom. The number of halogens is 2. The highest BCUT2D eigenvalue weighted by atomic mass is 79.9. The van der Waals surface area contributed by atoms with Crippen LogP contribution in [0.2, 0.25) is 0 Å². The van der Waals surface area contributed by atoms with Crippen molar-refractivity contribution in [2.45, 2.75) is 24.3 Å². The fourth-order valence-electron chi connectivity index (χ4n) is 3.13. The quantitative estimate of drug-likeness (QED) is 0.840. The summed E-state index contributed by atoms with van der Waals surface area (Å²) in [6.07, 6.45) is 5.39. The molecule has 1 aromatic carbocycles. The molecule has 2 aromatic rings. The first-order chi connectivity index (χ1) is 10.6. The van der Waals surface area contributed by atoms with E-state index < -0.39 is 5.41 Å². The molecule has 0 N–H and O–H groups in total. The van der Waals surface area contributed by atoms with Crippen LogP contribution in [0.4, 0.5) is 4.39 Å². The average molecular weight is 364 g/mol. The summed E-state index contributed by atoms with van der Waals surface area (Å²) in [6, 6.07) is 6.59. The Hall–Kier alpha value is -1.69. The molecule has 2 heterocycles.